The van der Waals surface area contributed by atoms with Crippen LogP contribution in [-0.4, -0.2) is 23.9 Å². The zero-order valence-electron chi connectivity index (χ0n) is 12.3. The molecule has 2 atom stereocenters. The van der Waals surface area contributed by atoms with Crippen molar-refractivity contribution in [1.82, 2.24) is 0 Å². The third-order valence-electron chi connectivity index (χ3n) is 5.16. The van der Waals surface area contributed by atoms with Crippen LogP contribution in [0, 0.1) is 5.41 Å². The molecule has 2 aliphatic rings. The molecule has 3 rings (SSSR count). The number of aliphatic hydroxyl groups is 1. The fourth-order valence-electron chi connectivity index (χ4n) is 4.00. The van der Waals surface area contributed by atoms with Gasteiger partial charge in [-0.3, -0.25) is 0 Å². The van der Waals surface area contributed by atoms with Crippen LogP contribution in [0.15, 0.2) is 24.3 Å². The van der Waals surface area contributed by atoms with Gasteiger partial charge in [-0.1, -0.05) is 25.0 Å². The normalized spacial score (nSPS) is 27.5. The van der Waals surface area contributed by atoms with Crippen LogP contribution in [-0.2, 0) is 11.3 Å². The maximum Gasteiger partial charge on any atom is 0.0681 e. The highest BCUT2D eigenvalue weighted by Crippen LogP contribution is 2.55. The Labute approximate surface area is 121 Å². The fourth-order valence-corrected chi connectivity index (χ4v) is 4.00. The lowest BCUT2D eigenvalue weighted by atomic mass is 9.60. The molecule has 0 radical (unpaired) electrons. The van der Waals surface area contributed by atoms with Crippen molar-refractivity contribution in [3.8, 4) is 0 Å². The molecule has 1 aromatic carbocycles. The van der Waals surface area contributed by atoms with E-state index in [9.17, 15) is 0 Å². The first kappa shape index (κ1) is 13.9. The van der Waals surface area contributed by atoms with E-state index in [1.165, 1.54) is 25.7 Å². The Kier molecular flexibility index (Phi) is 3.99. The van der Waals surface area contributed by atoms with Crippen LogP contribution in [0.5, 0.6) is 0 Å². The van der Waals surface area contributed by atoms with Gasteiger partial charge in [-0.2, -0.15) is 0 Å². The van der Waals surface area contributed by atoms with Crippen LogP contribution in [0.25, 0.3) is 0 Å². The van der Waals surface area contributed by atoms with E-state index >= 15 is 0 Å². The SMILES string of the molecule is CCOC1CC(Nc2ccc(CO)cc2)C12CCCC2. The monoisotopic (exact) mass is 275 g/mol. The van der Waals surface area contributed by atoms with Gasteiger partial charge < -0.3 is 15.2 Å². The number of anilines is 1. The Morgan fingerprint density at radius 2 is 1.95 bits per heavy atom. The lowest BCUT2D eigenvalue weighted by molar-refractivity contribution is -0.114. The molecule has 0 bridgehead atoms. The molecule has 20 heavy (non-hydrogen) atoms. The molecule has 0 saturated heterocycles. The molecular formula is C17H25NO2. The highest BCUT2D eigenvalue weighted by Gasteiger charge is 2.56. The standard InChI is InChI=1S/C17H25NO2/c1-2-20-16-11-15(17(16)9-3-4-10-17)18-14-7-5-13(12-19)6-8-14/h5-8,15-16,18-19H,2-4,9-12H2,1H3. The molecular weight excluding hydrogens is 250 g/mol. The summed E-state index contributed by atoms with van der Waals surface area (Å²) in [7, 11) is 0. The number of nitrogens with one attached hydrogen (secondary N) is 1. The third kappa shape index (κ3) is 2.33. The van der Waals surface area contributed by atoms with Gasteiger partial charge in [0.2, 0.25) is 0 Å². The van der Waals surface area contributed by atoms with Gasteiger partial charge in [0.15, 0.2) is 0 Å². The molecule has 3 nitrogen and oxygen atoms in total. The van der Waals surface area contributed by atoms with E-state index in [0.29, 0.717) is 17.6 Å². The molecule has 2 N–H and O–H groups in total. The van der Waals surface area contributed by atoms with E-state index < -0.39 is 0 Å². The lowest BCUT2D eigenvalue weighted by Crippen LogP contribution is -2.60. The summed E-state index contributed by atoms with van der Waals surface area (Å²) in [6, 6.07) is 8.66. The third-order valence-corrected chi connectivity index (χ3v) is 5.16. The summed E-state index contributed by atoms with van der Waals surface area (Å²) in [4.78, 5) is 0. The second-order valence-corrected chi connectivity index (χ2v) is 6.17. The van der Waals surface area contributed by atoms with Gasteiger partial charge in [-0.05, 0) is 43.9 Å². The summed E-state index contributed by atoms with van der Waals surface area (Å²) in [5.41, 5.74) is 2.49. The van der Waals surface area contributed by atoms with Gasteiger partial charge in [-0.15, -0.1) is 0 Å². The summed E-state index contributed by atoms with van der Waals surface area (Å²) < 4.78 is 5.95. The maximum absolute atomic E-state index is 9.09. The van der Waals surface area contributed by atoms with Crippen molar-refractivity contribution in [3.05, 3.63) is 29.8 Å². The molecule has 2 unspecified atom stereocenters. The topological polar surface area (TPSA) is 41.5 Å². The van der Waals surface area contributed by atoms with E-state index in [4.69, 9.17) is 9.84 Å². The smallest absolute Gasteiger partial charge is 0.0681 e. The van der Waals surface area contributed by atoms with E-state index in [1.54, 1.807) is 0 Å². The minimum absolute atomic E-state index is 0.111. The minimum Gasteiger partial charge on any atom is -0.392 e. The lowest BCUT2D eigenvalue weighted by Gasteiger charge is -2.54. The molecule has 110 valence electrons. The predicted octanol–water partition coefficient (Wildman–Crippen LogP) is 3.33. The zero-order chi connectivity index (χ0) is 14.0. The fraction of sp³-hybridized carbons (Fsp3) is 0.647. The Bertz CT molecular complexity index is 437. The molecule has 0 amide bonds. The summed E-state index contributed by atoms with van der Waals surface area (Å²) in [6.45, 7) is 3.03. The number of benzene rings is 1. The largest absolute Gasteiger partial charge is 0.392 e. The molecule has 0 aromatic heterocycles. The second kappa shape index (κ2) is 5.74. The van der Waals surface area contributed by atoms with Crippen molar-refractivity contribution in [3.63, 3.8) is 0 Å². The van der Waals surface area contributed by atoms with Crippen LogP contribution in [0.3, 0.4) is 0 Å². The summed E-state index contributed by atoms with van der Waals surface area (Å²) in [5, 5.41) is 12.8. The number of ether oxygens (including phenoxy) is 1. The summed E-state index contributed by atoms with van der Waals surface area (Å²) in [6.07, 6.45) is 6.84. The Morgan fingerprint density at radius 3 is 2.55 bits per heavy atom. The average Bonchev–Trinajstić information content (AvgIpc) is 2.99. The van der Waals surface area contributed by atoms with Crippen molar-refractivity contribution >= 4 is 5.69 Å². The van der Waals surface area contributed by atoms with Gasteiger partial charge >= 0.3 is 0 Å². The molecule has 1 aromatic rings. The molecule has 0 heterocycles. The first-order valence-corrected chi connectivity index (χ1v) is 7.86. The van der Waals surface area contributed by atoms with Gasteiger partial charge in [0.1, 0.15) is 0 Å². The quantitative estimate of drug-likeness (QED) is 0.866. The average molecular weight is 275 g/mol. The second-order valence-electron chi connectivity index (χ2n) is 6.17. The molecule has 1 spiro atoms. The molecule has 2 aliphatic carbocycles. The number of aliphatic hydroxyl groups excluding tert-OH is 1. The van der Waals surface area contributed by atoms with Crippen molar-refractivity contribution < 1.29 is 9.84 Å². The number of hydrogen-bond acceptors (Lipinski definition) is 3. The van der Waals surface area contributed by atoms with E-state index in [0.717, 1.165) is 24.3 Å². The van der Waals surface area contributed by atoms with Crippen molar-refractivity contribution in [2.24, 2.45) is 5.41 Å². The van der Waals surface area contributed by atoms with Crippen LogP contribution >= 0.6 is 0 Å². The molecule has 2 fully saturated rings. The Balaban J connectivity index is 1.67. The first-order chi connectivity index (χ1) is 9.78. The predicted molar refractivity (Wildman–Crippen MR) is 80.7 cm³/mol. The van der Waals surface area contributed by atoms with E-state index in [-0.39, 0.29) is 6.61 Å². The molecule has 3 heteroatoms. The molecule has 0 aliphatic heterocycles. The number of rotatable bonds is 5. The van der Waals surface area contributed by atoms with Crippen molar-refractivity contribution in [1.29, 1.82) is 0 Å². The molecule has 2 saturated carbocycles. The van der Waals surface area contributed by atoms with Gasteiger partial charge in [-0.25, -0.2) is 0 Å². The van der Waals surface area contributed by atoms with Crippen LogP contribution in [0.4, 0.5) is 5.69 Å². The van der Waals surface area contributed by atoms with Gasteiger partial charge in [0.25, 0.3) is 0 Å². The highest BCUT2D eigenvalue weighted by molar-refractivity contribution is 5.47. The first-order valence-electron chi connectivity index (χ1n) is 7.86. The zero-order valence-corrected chi connectivity index (χ0v) is 12.3. The number of hydrogen-bond donors (Lipinski definition) is 2. The highest BCUT2D eigenvalue weighted by atomic mass is 16.5. The van der Waals surface area contributed by atoms with E-state index in [2.05, 4.69) is 24.4 Å². The van der Waals surface area contributed by atoms with E-state index in [1.807, 2.05) is 12.1 Å². The van der Waals surface area contributed by atoms with Gasteiger partial charge in [0, 0.05) is 23.8 Å². The van der Waals surface area contributed by atoms with Crippen molar-refractivity contribution in [2.45, 2.75) is 57.8 Å². The Morgan fingerprint density at radius 1 is 1.25 bits per heavy atom. The van der Waals surface area contributed by atoms with Crippen LogP contribution in [0.1, 0.15) is 44.6 Å². The summed E-state index contributed by atoms with van der Waals surface area (Å²) >= 11 is 0. The van der Waals surface area contributed by atoms with Crippen molar-refractivity contribution in [2.75, 3.05) is 11.9 Å². The van der Waals surface area contributed by atoms with Crippen LogP contribution < -0.4 is 5.32 Å². The van der Waals surface area contributed by atoms with Gasteiger partial charge in [0.05, 0.1) is 12.7 Å². The van der Waals surface area contributed by atoms with Crippen LogP contribution in [0.2, 0.25) is 0 Å². The minimum atomic E-state index is 0.111. The summed E-state index contributed by atoms with van der Waals surface area (Å²) in [5.74, 6) is 0. The Hall–Kier alpha value is -1.06. The maximum atomic E-state index is 9.09.